The Bertz CT molecular complexity index is 532. The van der Waals surface area contributed by atoms with Gasteiger partial charge >= 0.3 is 18.2 Å². The number of aliphatic carboxylic acids is 1. The van der Waals surface area contributed by atoms with E-state index < -0.39 is 35.2 Å². The van der Waals surface area contributed by atoms with Crippen molar-refractivity contribution in [3.8, 4) is 0 Å². The van der Waals surface area contributed by atoms with Crippen molar-refractivity contribution in [1.82, 2.24) is 5.32 Å². The fraction of sp³-hybridized carbons (Fsp3) is 0.333. The zero-order chi connectivity index (χ0) is 16.0. The molecule has 1 rings (SSSR count). The molecule has 21 heavy (non-hydrogen) atoms. The van der Waals surface area contributed by atoms with Crippen LogP contribution >= 0.6 is 0 Å². The van der Waals surface area contributed by atoms with E-state index in [0.717, 1.165) is 0 Å². The van der Waals surface area contributed by atoms with Gasteiger partial charge in [0, 0.05) is 13.0 Å². The van der Waals surface area contributed by atoms with Gasteiger partial charge in [-0.2, -0.15) is 13.2 Å². The quantitative estimate of drug-likeness (QED) is 0.578. The normalized spacial score (nSPS) is 11.0. The number of nitrogens with one attached hydrogen (secondary N) is 2. The molecular weight excluding hydrogens is 296 g/mol. The summed E-state index contributed by atoms with van der Waals surface area (Å²) in [6.07, 6.45) is -4.67. The number of carboxylic acids is 1. The molecule has 0 aliphatic rings. The van der Waals surface area contributed by atoms with E-state index in [1.165, 1.54) is 0 Å². The number of rotatable bonds is 5. The lowest BCUT2D eigenvalue weighted by Crippen LogP contribution is -2.30. The average molecular weight is 308 g/mol. The number of carbonyl (C=O) groups is 2. The van der Waals surface area contributed by atoms with Gasteiger partial charge in [-0.25, -0.2) is 9.18 Å². The highest BCUT2D eigenvalue weighted by Crippen LogP contribution is 2.31. The summed E-state index contributed by atoms with van der Waals surface area (Å²) in [5.74, 6) is -2.05. The molecule has 3 N–H and O–H groups in total. The van der Waals surface area contributed by atoms with Crippen LogP contribution in [0, 0.1) is 5.82 Å². The van der Waals surface area contributed by atoms with E-state index >= 15 is 0 Å². The standard InChI is InChI=1S/C12H12F4N2O3/c13-8-4-3-7(12(14,15)16)6-9(8)18-11(21)17-5-1-2-10(19)20/h3-4,6H,1-2,5H2,(H,19,20)(H2,17,18,21). The van der Waals surface area contributed by atoms with Gasteiger partial charge in [-0.05, 0) is 24.6 Å². The average Bonchev–Trinajstić information content (AvgIpc) is 2.36. The Hall–Kier alpha value is -2.32. The van der Waals surface area contributed by atoms with E-state index in [2.05, 4.69) is 5.32 Å². The number of benzene rings is 1. The Morgan fingerprint density at radius 2 is 1.90 bits per heavy atom. The summed E-state index contributed by atoms with van der Waals surface area (Å²) in [6.45, 7) is -0.00128. The molecule has 0 unspecified atom stereocenters. The fourth-order valence-corrected chi connectivity index (χ4v) is 1.41. The molecule has 0 aliphatic carbocycles. The van der Waals surface area contributed by atoms with Crippen LogP contribution in [0.5, 0.6) is 0 Å². The monoisotopic (exact) mass is 308 g/mol. The van der Waals surface area contributed by atoms with Crippen molar-refractivity contribution >= 4 is 17.7 Å². The Labute approximate surface area is 117 Å². The van der Waals surface area contributed by atoms with Gasteiger partial charge in [0.25, 0.3) is 0 Å². The second-order valence-electron chi connectivity index (χ2n) is 4.07. The molecule has 1 aromatic rings. The maximum absolute atomic E-state index is 13.3. The van der Waals surface area contributed by atoms with Gasteiger partial charge in [-0.15, -0.1) is 0 Å². The largest absolute Gasteiger partial charge is 0.481 e. The lowest BCUT2D eigenvalue weighted by molar-refractivity contribution is -0.138. The fourth-order valence-electron chi connectivity index (χ4n) is 1.41. The molecular formula is C12H12F4N2O3. The van der Waals surface area contributed by atoms with Crippen LogP contribution in [0.3, 0.4) is 0 Å². The highest BCUT2D eigenvalue weighted by molar-refractivity contribution is 5.89. The number of hydrogen-bond donors (Lipinski definition) is 3. The third-order valence-electron chi connectivity index (χ3n) is 2.39. The van der Waals surface area contributed by atoms with Gasteiger partial charge in [0.15, 0.2) is 0 Å². The zero-order valence-corrected chi connectivity index (χ0v) is 10.6. The molecule has 116 valence electrons. The molecule has 0 heterocycles. The second-order valence-corrected chi connectivity index (χ2v) is 4.07. The highest BCUT2D eigenvalue weighted by Gasteiger charge is 2.31. The summed E-state index contributed by atoms with van der Waals surface area (Å²) in [7, 11) is 0. The molecule has 5 nitrogen and oxygen atoms in total. The predicted octanol–water partition coefficient (Wildman–Crippen LogP) is 2.83. The summed E-state index contributed by atoms with van der Waals surface area (Å²) < 4.78 is 50.7. The van der Waals surface area contributed by atoms with Crippen LogP contribution in [-0.2, 0) is 11.0 Å². The van der Waals surface area contributed by atoms with Crippen LogP contribution in [-0.4, -0.2) is 23.7 Å². The summed E-state index contributed by atoms with van der Waals surface area (Å²) in [6, 6.07) is 0.721. The maximum atomic E-state index is 13.3. The molecule has 1 aromatic carbocycles. The number of anilines is 1. The topological polar surface area (TPSA) is 78.4 Å². The molecule has 0 bridgehead atoms. The maximum Gasteiger partial charge on any atom is 0.416 e. The van der Waals surface area contributed by atoms with Gasteiger partial charge in [-0.3, -0.25) is 4.79 Å². The molecule has 0 aliphatic heterocycles. The van der Waals surface area contributed by atoms with Crippen molar-refractivity contribution in [3.63, 3.8) is 0 Å². The second kappa shape index (κ2) is 6.91. The summed E-state index contributed by atoms with van der Waals surface area (Å²) in [5, 5.41) is 12.5. The van der Waals surface area contributed by atoms with Crippen LogP contribution < -0.4 is 10.6 Å². The van der Waals surface area contributed by atoms with Gasteiger partial charge in [-0.1, -0.05) is 0 Å². The first kappa shape index (κ1) is 16.7. The Balaban J connectivity index is 2.61. The molecule has 0 saturated carbocycles. The minimum atomic E-state index is -4.65. The lowest BCUT2D eigenvalue weighted by Gasteiger charge is -2.11. The van der Waals surface area contributed by atoms with Gasteiger partial charge < -0.3 is 15.7 Å². The SMILES string of the molecule is O=C(O)CCCNC(=O)Nc1cc(C(F)(F)F)ccc1F. The van der Waals surface area contributed by atoms with Crippen LogP contribution in [0.4, 0.5) is 28.0 Å². The van der Waals surface area contributed by atoms with Gasteiger partial charge in [0.1, 0.15) is 5.82 Å². The minimum absolute atomic E-state index is 0.00128. The molecule has 9 heteroatoms. The number of amides is 2. The molecule has 0 saturated heterocycles. The number of carbonyl (C=O) groups excluding carboxylic acids is 1. The lowest BCUT2D eigenvalue weighted by atomic mass is 10.2. The minimum Gasteiger partial charge on any atom is -0.481 e. The third kappa shape index (κ3) is 5.67. The molecule has 0 atom stereocenters. The van der Waals surface area contributed by atoms with E-state index in [1.54, 1.807) is 0 Å². The van der Waals surface area contributed by atoms with E-state index in [4.69, 9.17) is 5.11 Å². The van der Waals surface area contributed by atoms with Crippen LogP contribution in [0.2, 0.25) is 0 Å². The third-order valence-corrected chi connectivity index (χ3v) is 2.39. The van der Waals surface area contributed by atoms with E-state index in [9.17, 15) is 27.2 Å². The van der Waals surface area contributed by atoms with Crippen LogP contribution in [0.25, 0.3) is 0 Å². The van der Waals surface area contributed by atoms with Gasteiger partial charge in [0.2, 0.25) is 0 Å². The van der Waals surface area contributed by atoms with Crippen molar-refractivity contribution in [2.75, 3.05) is 11.9 Å². The predicted molar refractivity (Wildman–Crippen MR) is 65.3 cm³/mol. The Kier molecular flexibility index (Phi) is 5.51. The molecule has 0 fully saturated rings. The van der Waals surface area contributed by atoms with E-state index in [1.807, 2.05) is 5.32 Å². The summed E-state index contributed by atoms with van der Waals surface area (Å²) in [5.41, 5.74) is -1.70. The molecule has 0 aromatic heterocycles. The number of alkyl halides is 3. The molecule has 0 radical (unpaired) electrons. The van der Waals surface area contributed by atoms with Crippen molar-refractivity contribution in [3.05, 3.63) is 29.6 Å². The highest BCUT2D eigenvalue weighted by atomic mass is 19.4. The summed E-state index contributed by atoms with van der Waals surface area (Å²) in [4.78, 5) is 21.6. The van der Waals surface area contributed by atoms with E-state index in [-0.39, 0.29) is 19.4 Å². The van der Waals surface area contributed by atoms with E-state index in [0.29, 0.717) is 18.2 Å². The van der Waals surface area contributed by atoms with Crippen LogP contribution in [0.1, 0.15) is 18.4 Å². The molecule has 2 amide bonds. The first-order valence-electron chi connectivity index (χ1n) is 5.83. The number of halogens is 4. The van der Waals surface area contributed by atoms with Crippen molar-refractivity contribution in [2.24, 2.45) is 0 Å². The van der Waals surface area contributed by atoms with Crippen LogP contribution in [0.15, 0.2) is 18.2 Å². The van der Waals surface area contributed by atoms with Crippen molar-refractivity contribution in [1.29, 1.82) is 0 Å². The number of hydrogen-bond acceptors (Lipinski definition) is 2. The smallest absolute Gasteiger partial charge is 0.416 e. The first-order valence-corrected chi connectivity index (χ1v) is 5.83. The Morgan fingerprint density at radius 3 is 2.48 bits per heavy atom. The summed E-state index contributed by atoms with van der Waals surface area (Å²) >= 11 is 0. The number of carboxylic acid groups (broad SMARTS) is 1. The van der Waals surface area contributed by atoms with Crippen molar-refractivity contribution in [2.45, 2.75) is 19.0 Å². The number of urea groups is 1. The zero-order valence-electron chi connectivity index (χ0n) is 10.6. The molecule has 0 spiro atoms. The van der Waals surface area contributed by atoms with Gasteiger partial charge in [0.05, 0.1) is 11.3 Å². The Morgan fingerprint density at radius 1 is 1.24 bits per heavy atom. The van der Waals surface area contributed by atoms with Crippen molar-refractivity contribution < 1.29 is 32.3 Å². The first-order chi connectivity index (χ1) is 9.70.